The van der Waals surface area contributed by atoms with Gasteiger partial charge in [-0.2, -0.15) is 0 Å². The van der Waals surface area contributed by atoms with Crippen molar-refractivity contribution in [2.45, 2.75) is 31.5 Å². The van der Waals surface area contributed by atoms with Gasteiger partial charge in [-0.1, -0.05) is 0 Å². The zero-order valence-electron chi connectivity index (χ0n) is 10.1. The molecule has 2 bridgehead atoms. The van der Waals surface area contributed by atoms with Gasteiger partial charge in [0, 0.05) is 24.2 Å². The lowest BCUT2D eigenvalue weighted by atomic mass is 9.89. The Kier molecular flexibility index (Phi) is 2.91. The minimum Gasteiger partial charge on any atom is -0.384 e. The highest BCUT2D eigenvalue weighted by Crippen LogP contribution is 2.38. The molecule has 2 aliphatic rings. The molecule has 1 aromatic heterocycles. The lowest BCUT2D eigenvalue weighted by Crippen LogP contribution is -2.33. The second-order valence-electron chi connectivity index (χ2n) is 5.05. The fourth-order valence-corrected chi connectivity index (χ4v) is 2.87. The number of aromatic nitrogens is 1. The van der Waals surface area contributed by atoms with Crippen LogP contribution in [-0.4, -0.2) is 29.6 Å². The van der Waals surface area contributed by atoms with E-state index in [-0.39, 0.29) is 5.91 Å². The van der Waals surface area contributed by atoms with Gasteiger partial charge in [0.25, 0.3) is 5.91 Å². The number of nitrogens with zero attached hydrogens (tertiary/aromatic N) is 1. The Morgan fingerprint density at radius 2 is 2.44 bits per heavy atom. The molecule has 3 atom stereocenters. The molecule has 2 fully saturated rings. The summed E-state index contributed by atoms with van der Waals surface area (Å²) in [6.45, 7) is 0.683. The van der Waals surface area contributed by atoms with Crippen LogP contribution in [0.2, 0.25) is 0 Å². The Labute approximate surface area is 106 Å². The summed E-state index contributed by atoms with van der Waals surface area (Å²) in [5.74, 6) is 0.740. The number of rotatable bonds is 3. The predicted molar refractivity (Wildman–Crippen MR) is 67.0 cm³/mol. The van der Waals surface area contributed by atoms with E-state index in [1.807, 2.05) is 0 Å². The van der Waals surface area contributed by atoms with Gasteiger partial charge >= 0.3 is 0 Å². The minimum absolute atomic E-state index is 0.0909. The van der Waals surface area contributed by atoms with E-state index in [4.69, 9.17) is 10.5 Å². The van der Waals surface area contributed by atoms with Gasteiger partial charge in [0.05, 0.1) is 12.2 Å². The van der Waals surface area contributed by atoms with Crippen LogP contribution < -0.4 is 11.1 Å². The van der Waals surface area contributed by atoms with Crippen LogP contribution in [0.4, 0.5) is 5.82 Å². The fourth-order valence-electron chi connectivity index (χ4n) is 2.87. The largest absolute Gasteiger partial charge is 0.384 e. The van der Waals surface area contributed by atoms with Crippen molar-refractivity contribution < 1.29 is 9.53 Å². The van der Waals surface area contributed by atoms with Crippen molar-refractivity contribution in [3.63, 3.8) is 0 Å². The summed E-state index contributed by atoms with van der Waals surface area (Å²) in [6, 6.07) is 3.26. The van der Waals surface area contributed by atoms with Gasteiger partial charge in [0.15, 0.2) is 0 Å². The Hall–Kier alpha value is -1.62. The van der Waals surface area contributed by atoms with Gasteiger partial charge in [0.2, 0.25) is 0 Å². The average molecular weight is 247 g/mol. The lowest BCUT2D eigenvalue weighted by Gasteiger charge is -2.18. The second-order valence-corrected chi connectivity index (χ2v) is 5.05. The maximum absolute atomic E-state index is 11.9. The Bertz CT molecular complexity index is 463. The quantitative estimate of drug-likeness (QED) is 0.834. The van der Waals surface area contributed by atoms with Gasteiger partial charge in [-0.15, -0.1) is 0 Å². The van der Waals surface area contributed by atoms with E-state index in [9.17, 15) is 4.79 Å². The summed E-state index contributed by atoms with van der Waals surface area (Å²) in [6.07, 6.45) is 5.70. The number of fused-ring (bicyclic) bond motifs is 2. The first-order valence-electron chi connectivity index (χ1n) is 6.37. The minimum atomic E-state index is -0.0909. The summed E-state index contributed by atoms with van der Waals surface area (Å²) in [7, 11) is 0. The number of nitrogen functional groups attached to an aromatic ring is 1. The summed E-state index contributed by atoms with van der Waals surface area (Å²) >= 11 is 0. The molecule has 0 aliphatic carbocycles. The third-order valence-electron chi connectivity index (χ3n) is 3.80. The highest BCUT2D eigenvalue weighted by Gasteiger charge is 2.40. The molecule has 0 aromatic carbocycles. The molecule has 5 nitrogen and oxygen atoms in total. The number of nitrogens with one attached hydrogen (secondary N) is 1. The number of hydrogen-bond donors (Lipinski definition) is 2. The van der Waals surface area contributed by atoms with Crippen molar-refractivity contribution in [1.82, 2.24) is 10.3 Å². The third-order valence-corrected chi connectivity index (χ3v) is 3.80. The highest BCUT2D eigenvalue weighted by atomic mass is 16.5. The second kappa shape index (κ2) is 4.57. The van der Waals surface area contributed by atoms with Crippen molar-refractivity contribution >= 4 is 11.7 Å². The molecule has 3 rings (SSSR count). The number of ether oxygens (including phenoxy) is 1. The first-order valence-corrected chi connectivity index (χ1v) is 6.37. The summed E-state index contributed by atoms with van der Waals surface area (Å²) in [4.78, 5) is 15.8. The zero-order chi connectivity index (χ0) is 12.5. The van der Waals surface area contributed by atoms with Gasteiger partial charge in [-0.25, -0.2) is 4.98 Å². The maximum atomic E-state index is 11.9. The van der Waals surface area contributed by atoms with Crippen LogP contribution in [0.15, 0.2) is 18.3 Å². The standard InChI is InChI=1S/C13H17N3O2/c14-12-6-8(3-4-15-12)13(17)16-7-9-5-10-1-2-11(9)18-10/h3-4,6,9-11H,1-2,5,7H2,(H2,14,15)(H,16,17). The van der Waals surface area contributed by atoms with E-state index in [1.54, 1.807) is 18.3 Å². The molecule has 2 aliphatic heterocycles. The van der Waals surface area contributed by atoms with E-state index in [0.717, 1.165) is 12.8 Å². The van der Waals surface area contributed by atoms with E-state index in [1.165, 1.54) is 6.42 Å². The number of pyridine rings is 1. The van der Waals surface area contributed by atoms with Crippen LogP contribution in [0.5, 0.6) is 0 Å². The van der Waals surface area contributed by atoms with Crippen LogP contribution in [0.25, 0.3) is 0 Å². The fraction of sp³-hybridized carbons (Fsp3) is 0.538. The molecular formula is C13H17N3O2. The zero-order valence-corrected chi connectivity index (χ0v) is 10.1. The smallest absolute Gasteiger partial charge is 0.251 e. The van der Waals surface area contributed by atoms with E-state index in [0.29, 0.717) is 36.1 Å². The SMILES string of the molecule is Nc1cc(C(=O)NCC2CC3CCC2O3)ccn1. The summed E-state index contributed by atoms with van der Waals surface area (Å²) < 4.78 is 5.76. The molecule has 0 saturated carbocycles. The van der Waals surface area contributed by atoms with Crippen molar-refractivity contribution in [1.29, 1.82) is 0 Å². The lowest BCUT2D eigenvalue weighted by molar-refractivity contribution is 0.0873. The molecule has 0 spiro atoms. The van der Waals surface area contributed by atoms with Gasteiger partial charge in [-0.05, 0) is 31.4 Å². The van der Waals surface area contributed by atoms with Gasteiger partial charge < -0.3 is 15.8 Å². The number of carbonyl (C=O) groups excluding carboxylic acids is 1. The van der Waals surface area contributed by atoms with Crippen LogP contribution in [0.1, 0.15) is 29.6 Å². The highest BCUT2D eigenvalue weighted by molar-refractivity contribution is 5.94. The molecule has 0 radical (unpaired) electrons. The summed E-state index contributed by atoms with van der Waals surface area (Å²) in [5, 5.41) is 2.95. The monoisotopic (exact) mass is 247 g/mol. The maximum Gasteiger partial charge on any atom is 0.251 e. The molecule has 18 heavy (non-hydrogen) atoms. The number of amides is 1. The number of hydrogen-bond acceptors (Lipinski definition) is 4. The van der Waals surface area contributed by atoms with Crippen molar-refractivity contribution in [3.05, 3.63) is 23.9 Å². The number of carbonyl (C=O) groups is 1. The van der Waals surface area contributed by atoms with Crippen LogP contribution in [0.3, 0.4) is 0 Å². The molecular weight excluding hydrogens is 230 g/mol. The molecule has 3 unspecified atom stereocenters. The van der Waals surface area contributed by atoms with Gasteiger partial charge in [-0.3, -0.25) is 4.79 Å². The molecule has 96 valence electrons. The first kappa shape index (κ1) is 11.5. The van der Waals surface area contributed by atoms with Crippen molar-refractivity contribution in [2.24, 2.45) is 5.92 Å². The molecule has 5 heteroatoms. The van der Waals surface area contributed by atoms with Crippen LogP contribution >= 0.6 is 0 Å². The molecule has 1 aromatic rings. The van der Waals surface area contributed by atoms with Crippen LogP contribution in [-0.2, 0) is 4.74 Å². The predicted octanol–water partition coefficient (Wildman–Crippen LogP) is 0.961. The van der Waals surface area contributed by atoms with Gasteiger partial charge in [0.1, 0.15) is 5.82 Å². The Morgan fingerprint density at radius 3 is 3.11 bits per heavy atom. The Balaban J connectivity index is 1.56. The summed E-state index contributed by atoms with van der Waals surface area (Å²) in [5.41, 5.74) is 6.11. The first-order chi connectivity index (χ1) is 8.72. The van der Waals surface area contributed by atoms with E-state index in [2.05, 4.69) is 10.3 Å². The third kappa shape index (κ3) is 2.18. The van der Waals surface area contributed by atoms with Crippen molar-refractivity contribution in [2.75, 3.05) is 12.3 Å². The van der Waals surface area contributed by atoms with Crippen molar-refractivity contribution in [3.8, 4) is 0 Å². The van der Waals surface area contributed by atoms with E-state index < -0.39 is 0 Å². The average Bonchev–Trinajstić information content (AvgIpc) is 2.98. The van der Waals surface area contributed by atoms with E-state index >= 15 is 0 Å². The molecule has 1 amide bonds. The molecule has 3 heterocycles. The van der Waals surface area contributed by atoms with Crippen LogP contribution in [0, 0.1) is 5.92 Å². The Morgan fingerprint density at radius 1 is 1.56 bits per heavy atom. The molecule has 3 N–H and O–H groups in total. The number of anilines is 1. The topological polar surface area (TPSA) is 77.2 Å². The molecule has 2 saturated heterocycles. The number of nitrogens with two attached hydrogens (primary N) is 1. The normalized spacial score (nSPS) is 29.4.